The van der Waals surface area contributed by atoms with E-state index in [0.717, 1.165) is 11.1 Å². The van der Waals surface area contributed by atoms with Crippen LogP contribution in [0.5, 0.6) is 0 Å². The van der Waals surface area contributed by atoms with Crippen molar-refractivity contribution >= 4 is 17.3 Å². The van der Waals surface area contributed by atoms with E-state index >= 15 is 0 Å². The standard InChI is InChI=1S/C10H8ClN3/c11-8-3-1-2-7(4-8)9-5-13-14-6-10(9)12/h1-6H,(H2,12,13). The normalized spacial score (nSPS) is 10.1. The molecule has 0 atom stereocenters. The van der Waals surface area contributed by atoms with Gasteiger partial charge in [-0.3, -0.25) is 0 Å². The maximum atomic E-state index is 5.87. The van der Waals surface area contributed by atoms with Crippen molar-refractivity contribution in [2.45, 2.75) is 0 Å². The van der Waals surface area contributed by atoms with E-state index in [4.69, 9.17) is 17.3 Å². The predicted molar refractivity (Wildman–Crippen MR) is 56.9 cm³/mol. The highest BCUT2D eigenvalue weighted by Gasteiger charge is 2.02. The molecule has 0 bridgehead atoms. The van der Waals surface area contributed by atoms with Crippen LogP contribution in [0.2, 0.25) is 5.02 Å². The third-order valence-electron chi connectivity index (χ3n) is 1.90. The molecular weight excluding hydrogens is 198 g/mol. The molecule has 70 valence electrons. The van der Waals surface area contributed by atoms with Crippen LogP contribution in [-0.2, 0) is 0 Å². The van der Waals surface area contributed by atoms with Crippen LogP contribution in [0.4, 0.5) is 5.69 Å². The molecule has 0 radical (unpaired) electrons. The molecule has 1 aromatic carbocycles. The lowest BCUT2D eigenvalue weighted by molar-refractivity contribution is 1.04. The van der Waals surface area contributed by atoms with Crippen molar-refractivity contribution in [3.8, 4) is 11.1 Å². The minimum absolute atomic E-state index is 0.599. The number of hydrogen-bond donors (Lipinski definition) is 1. The number of anilines is 1. The fraction of sp³-hybridized carbons (Fsp3) is 0. The molecule has 0 aliphatic carbocycles. The third-order valence-corrected chi connectivity index (χ3v) is 2.13. The summed E-state index contributed by atoms with van der Waals surface area (Å²) in [5, 5.41) is 8.14. The largest absolute Gasteiger partial charge is 0.397 e. The van der Waals surface area contributed by atoms with E-state index < -0.39 is 0 Å². The van der Waals surface area contributed by atoms with Gasteiger partial charge >= 0.3 is 0 Å². The van der Waals surface area contributed by atoms with Crippen molar-refractivity contribution in [2.75, 3.05) is 5.73 Å². The molecule has 0 saturated heterocycles. The lowest BCUT2D eigenvalue weighted by Crippen LogP contribution is -1.92. The van der Waals surface area contributed by atoms with Gasteiger partial charge < -0.3 is 5.73 Å². The van der Waals surface area contributed by atoms with Gasteiger partial charge in [-0.05, 0) is 17.7 Å². The van der Waals surface area contributed by atoms with E-state index in [2.05, 4.69) is 10.2 Å². The van der Waals surface area contributed by atoms with Crippen LogP contribution >= 0.6 is 11.6 Å². The molecule has 2 N–H and O–H groups in total. The van der Waals surface area contributed by atoms with Gasteiger partial charge in [0.05, 0.1) is 18.1 Å². The van der Waals surface area contributed by atoms with Crippen molar-refractivity contribution in [2.24, 2.45) is 0 Å². The molecule has 4 heteroatoms. The number of benzene rings is 1. The number of aromatic nitrogens is 2. The second kappa shape index (κ2) is 3.64. The van der Waals surface area contributed by atoms with E-state index in [-0.39, 0.29) is 0 Å². The quantitative estimate of drug-likeness (QED) is 0.778. The fourth-order valence-electron chi connectivity index (χ4n) is 1.23. The second-order valence-electron chi connectivity index (χ2n) is 2.87. The molecule has 0 spiro atoms. The summed E-state index contributed by atoms with van der Waals surface area (Å²) in [5.41, 5.74) is 8.15. The molecule has 0 unspecified atom stereocenters. The van der Waals surface area contributed by atoms with Gasteiger partial charge in [0.15, 0.2) is 0 Å². The number of halogens is 1. The molecule has 2 rings (SSSR count). The van der Waals surface area contributed by atoms with Gasteiger partial charge in [0.25, 0.3) is 0 Å². The Bertz CT molecular complexity index is 457. The first-order valence-electron chi connectivity index (χ1n) is 4.09. The molecule has 1 aromatic heterocycles. The highest BCUT2D eigenvalue weighted by molar-refractivity contribution is 6.30. The topological polar surface area (TPSA) is 51.8 Å². The average molecular weight is 206 g/mol. The first-order chi connectivity index (χ1) is 6.77. The highest BCUT2D eigenvalue weighted by atomic mass is 35.5. The Balaban J connectivity index is 2.55. The summed E-state index contributed by atoms with van der Waals surface area (Å²) in [7, 11) is 0. The van der Waals surface area contributed by atoms with Crippen molar-refractivity contribution < 1.29 is 0 Å². The third kappa shape index (κ3) is 1.67. The van der Waals surface area contributed by atoms with E-state index in [1.165, 1.54) is 6.20 Å². The van der Waals surface area contributed by atoms with E-state index in [0.29, 0.717) is 10.7 Å². The van der Waals surface area contributed by atoms with Gasteiger partial charge in [0.2, 0.25) is 0 Å². The van der Waals surface area contributed by atoms with Gasteiger partial charge in [-0.2, -0.15) is 10.2 Å². The Morgan fingerprint density at radius 2 is 1.93 bits per heavy atom. The molecule has 0 amide bonds. The second-order valence-corrected chi connectivity index (χ2v) is 3.30. The Labute approximate surface area is 86.5 Å². The predicted octanol–water partition coefficient (Wildman–Crippen LogP) is 2.38. The zero-order chi connectivity index (χ0) is 9.97. The molecule has 2 aromatic rings. The number of rotatable bonds is 1. The van der Waals surface area contributed by atoms with Gasteiger partial charge in [-0.1, -0.05) is 23.7 Å². The zero-order valence-electron chi connectivity index (χ0n) is 7.31. The zero-order valence-corrected chi connectivity index (χ0v) is 8.07. The van der Waals surface area contributed by atoms with Crippen molar-refractivity contribution in [3.05, 3.63) is 41.7 Å². The molecule has 14 heavy (non-hydrogen) atoms. The molecule has 0 aliphatic heterocycles. The van der Waals surface area contributed by atoms with Crippen LogP contribution < -0.4 is 5.73 Å². The lowest BCUT2D eigenvalue weighted by Gasteiger charge is -2.03. The summed E-state index contributed by atoms with van der Waals surface area (Å²) in [6.45, 7) is 0. The van der Waals surface area contributed by atoms with Crippen molar-refractivity contribution in [3.63, 3.8) is 0 Å². The monoisotopic (exact) mass is 205 g/mol. The molecule has 0 aliphatic rings. The van der Waals surface area contributed by atoms with Crippen LogP contribution in [0.1, 0.15) is 0 Å². The minimum atomic E-state index is 0.599. The summed E-state index contributed by atoms with van der Waals surface area (Å²) in [6.07, 6.45) is 3.15. The summed E-state index contributed by atoms with van der Waals surface area (Å²) in [4.78, 5) is 0. The van der Waals surface area contributed by atoms with E-state index in [9.17, 15) is 0 Å². The maximum absolute atomic E-state index is 5.87. The highest BCUT2D eigenvalue weighted by Crippen LogP contribution is 2.25. The smallest absolute Gasteiger partial charge is 0.0732 e. The maximum Gasteiger partial charge on any atom is 0.0732 e. The lowest BCUT2D eigenvalue weighted by atomic mass is 10.1. The van der Waals surface area contributed by atoms with Gasteiger partial charge in [-0.25, -0.2) is 0 Å². The molecule has 0 saturated carbocycles. The first-order valence-corrected chi connectivity index (χ1v) is 4.47. The fourth-order valence-corrected chi connectivity index (χ4v) is 1.42. The van der Waals surface area contributed by atoms with Gasteiger partial charge in [0, 0.05) is 10.6 Å². The molecule has 0 fully saturated rings. The van der Waals surface area contributed by atoms with Crippen LogP contribution in [0.25, 0.3) is 11.1 Å². The van der Waals surface area contributed by atoms with E-state index in [1.54, 1.807) is 6.20 Å². The molecular formula is C10H8ClN3. The van der Waals surface area contributed by atoms with Crippen LogP contribution in [0.15, 0.2) is 36.7 Å². The molecule has 3 nitrogen and oxygen atoms in total. The number of hydrogen-bond acceptors (Lipinski definition) is 3. The van der Waals surface area contributed by atoms with Crippen LogP contribution in [0.3, 0.4) is 0 Å². The number of nitrogens with zero attached hydrogens (tertiary/aromatic N) is 2. The summed E-state index contributed by atoms with van der Waals surface area (Å²) < 4.78 is 0. The van der Waals surface area contributed by atoms with Crippen LogP contribution in [0, 0.1) is 0 Å². The Morgan fingerprint density at radius 1 is 1.14 bits per heavy atom. The summed E-state index contributed by atoms with van der Waals surface area (Å²) >= 11 is 5.87. The minimum Gasteiger partial charge on any atom is -0.397 e. The average Bonchev–Trinajstić information content (AvgIpc) is 2.18. The van der Waals surface area contributed by atoms with E-state index in [1.807, 2.05) is 24.3 Å². The Hall–Kier alpha value is -1.61. The molecule has 1 heterocycles. The van der Waals surface area contributed by atoms with Crippen molar-refractivity contribution in [1.29, 1.82) is 0 Å². The Kier molecular flexibility index (Phi) is 2.33. The number of nitrogen functional groups attached to an aromatic ring is 1. The summed E-state index contributed by atoms with van der Waals surface area (Å²) in [6, 6.07) is 7.46. The van der Waals surface area contributed by atoms with Gasteiger partial charge in [0.1, 0.15) is 0 Å². The van der Waals surface area contributed by atoms with Crippen LogP contribution in [-0.4, -0.2) is 10.2 Å². The van der Waals surface area contributed by atoms with Crippen molar-refractivity contribution in [1.82, 2.24) is 10.2 Å². The number of nitrogens with two attached hydrogens (primary N) is 1. The SMILES string of the molecule is Nc1cnncc1-c1cccc(Cl)c1. The Morgan fingerprint density at radius 3 is 2.64 bits per heavy atom. The summed E-state index contributed by atoms with van der Waals surface area (Å²) in [5.74, 6) is 0. The first kappa shape index (κ1) is 8.97. The van der Waals surface area contributed by atoms with Gasteiger partial charge in [-0.15, -0.1) is 0 Å².